The first-order chi connectivity index (χ1) is 10.9. The summed E-state index contributed by atoms with van der Waals surface area (Å²) in [6.45, 7) is 18.4. The summed E-state index contributed by atoms with van der Waals surface area (Å²) in [5.41, 5.74) is 12.9. The monoisotopic (exact) mass is 450 g/mol. The minimum absolute atomic E-state index is 0.787. The summed E-state index contributed by atoms with van der Waals surface area (Å²) < 4.78 is 1.76. The quantitative estimate of drug-likeness (QED) is 0.382. The van der Waals surface area contributed by atoms with Gasteiger partial charge >= 0.3 is 161 Å². The van der Waals surface area contributed by atoms with Gasteiger partial charge in [0.15, 0.2) is 0 Å². The van der Waals surface area contributed by atoms with Gasteiger partial charge in [0, 0.05) is 0 Å². The van der Waals surface area contributed by atoms with Gasteiger partial charge in [-0.3, -0.25) is 0 Å². The Morgan fingerprint density at radius 2 is 0.583 bits per heavy atom. The second-order valence-electron chi connectivity index (χ2n) is 8.25. The zero-order chi connectivity index (χ0) is 18.9. The van der Waals surface area contributed by atoms with Crippen LogP contribution in [0.15, 0.2) is 44.6 Å². The topological polar surface area (TPSA) is 0 Å². The van der Waals surface area contributed by atoms with Gasteiger partial charge in [0.25, 0.3) is 0 Å². The number of hydrogen-bond donors (Lipinski definition) is 0. The van der Waals surface area contributed by atoms with Crippen LogP contribution in [0.25, 0.3) is 0 Å². The molecule has 0 fully saturated rings. The van der Waals surface area contributed by atoms with Crippen molar-refractivity contribution in [1.29, 1.82) is 0 Å². The molecule has 0 nitrogen and oxygen atoms in total. The van der Waals surface area contributed by atoms with E-state index in [0.717, 1.165) is 9.50 Å². The first kappa shape index (κ1) is 22.1. The minimum atomic E-state index is -0.787. The van der Waals surface area contributed by atoms with Crippen LogP contribution in [0.3, 0.4) is 0 Å². The van der Waals surface area contributed by atoms with Crippen molar-refractivity contribution in [3.05, 3.63) is 44.6 Å². The second kappa shape index (κ2) is 8.62. The van der Waals surface area contributed by atoms with Crippen LogP contribution >= 0.6 is 0 Å². The number of allylic oxidation sites excluding steroid dienone is 8. The number of hydrogen-bond acceptors (Lipinski definition) is 0. The Kier molecular flexibility index (Phi) is 7.93. The van der Waals surface area contributed by atoms with Gasteiger partial charge in [-0.2, -0.15) is 0 Å². The molecule has 0 unspecified atom stereocenters. The van der Waals surface area contributed by atoms with E-state index >= 15 is 0 Å². The fourth-order valence-corrected chi connectivity index (χ4v) is 13.5. The molecule has 0 aliphatic heterocycles. The summed E-state index contributed by atoms with van der Waals surface area (Å²) >= 11 is -1.57. The Morgan fingerprint density at radius 1 is 0.417 bits per heavy atom. The molecule has 0 bridgehead atoms. The summed E-state index contributed by atoms with van der Waals surface area (Å²) in [5, 5.41) is 0. The third kappa shape index (κ3) is 4.23. The van der Waals surface area contributed by atoms with Gasteiger partial charge in [0.05, 0.1) is 0 Å². The fourth-order valence-electron chi connectivity index (χ4n) is 4.43. The van der Waals surface area contributed by atoms with Crippen molar-refractivity contribution in [2.75, 3.05) is 0 Å². The van der Waals surface area contributed by atoms with E-state index < -0.39 is 28.7 Å². The first-order valence-corrected chi connectivity index (χ1v) is 20.0. The number of rotatable bonds is 2. The molecule has 2 radical (unpaired) electrons. The molecule has 0 saturated heterocycles. The van der Waals surface area contributed by atoms with E-state index in [9.17, 15) is 0 Å². The van der Waals surface area contributed by atoms with Gasteiger partial charge in [-0.1, -0.05) is 0 Å². The van der Waals surface area contributed by atoms with E-state index in [0.29, 0.717) is 0 Å². The van der Waals surface area contributed by atoms with Crippen LogP contribution in [-0.4, -0.2) is 28.7 Å². The van der Waals surface area contributed by atoms with E-state index in [1.807, 2.05) is 0 Å². The van der Waals surface area contributed by atoms with Crippen LogP contribution in [0.2, 0.25) is 32.5 Å². The summed E-state index contributed by atoms with van der Waals surface area (Å²) in [4.78, 5) is 0. The molecule has 0 aromatic rings. The SMILES string of the molecule is CC1=C(C)[CH]([Ge]([CH3])[CH3])C(C)=C1C.CC1=C(C)[CH]([Ge]([CH3])[CH3])C(C)=C1C. The molecular formula is C22H38Ge2. The maximum absolute atomic E-state index is 2.48. The van der Waals surface area contributed by atoms with E-state index in [-0.39, 0.29) is 0 Å². The van der Waals surface area contributed by atoms with Crippen LogP contribution in [0.5, 0.6) is 0 Å². The molecule has 2 rings (SSSR count). The molecule has 24 heavy (non-hydrogen) atoms. The van der Waals surface area contributed by atoms with Crippen LogP contribution in [0.1, 0.15) is 55.4 Å². The molecule has 0 amide bonds. The molecule has 2 aliphatic rings. The standard InChI is InChI=1S/2C11H19Ge/c2*1-7-8(2)10(4)11(9(7)3)12(5)6/h2*11H,1-6H3. The van der Waals surface area contributed by atoms with Gasteiger partial charge in [-0.25, -0.2) is 0 Å². The molecule has 0 saturated carbocycles. The molecule has 2 aliphatic carbocycles. The van der Waals surface area contributed by atoms with Crippen molar-refractivity contribution in [3.8, 4) is 0 Å². The molecule has 0 heterocycles. The Bertz CT molecular complexity index is 520. The zero-order valence-corrected chi connectivity index (χ0v) is 22.4. The Morgan fingerprint density at radius 3 is 0.667 bits per heavy atom. The van der Waals surface area contributed by atoms with Crippen molar-refractivity contribution in [1.82, 2.24) is 0 Å². The Hall–Kier alpha value is 0.0457. The summed E-state index contributed by atoms with van der Waals surface area (Å²) in [5.74, 6) is 9.90. The first-order valence-electron chi connectivity index (χ1n) is 9.23. The Labute approximate surface area is 160 Å². The van der Waals surface area contributed by atoms with Crippen LogP contribution < -0.4 is 0 Å². The predicted molar refractivity (Wildman–Crippen MR) is 116 cm³/mol. The van der Waals surface area contributed by atoms with E-state index in [1.54, 1.807) is 44.6 Å². The molecule has 0 aromatic heterocycles. The van der Waals surface area contributed by atoms with Crippen molar-refractivity contribution < 1.29 is 0 Å². The van der Waals surface area contributed by atoms with Crippen molar-refractivity contribution in [2.24, 2.45) is 0 Å². The summed E-state index contributed by atoms with van der Waals surface area (Å²) in [6.07, 6.45) is 0. The van der Waals surface area contributed by atoms with Gasteiger partial charge in [0.1, 0.15) is 0 Å². The molecule has 0 N–H and O–H groups in total. The van der Waals surface area contributed by atoms with Crippen LogP contribution in [-0.2, 0) is 0 Å². The van der Waals surface area contributed by atoms with Gasteiger partial charge in [-0.05, 0) is 0 Å². The van der Waals surface area contributed by atoms with Crippen molar-refractivity contribution in [2.45, 2.75) is 87.9 Å². The summed E-state index contributed by atoms with van der Waals surface area (Å²) in [6, 6.07) is 0. The molecule has 0 aromatic carbocycles. The van der Waals surface area contributed by atoms with Gasteiger partial charge in [0.2, 0.25) is 0 Å². The zero-order valence-electron chi connectivity index (χ0n) is 18.2. The average molecular weight is 448 g/mol. The Balaban J connectivity index is 0.000000240. The second-order valence-corrected chi connectivity index (χ2v) is 19.7. The maximum atomic E-state index is 2.48. The van der Waals surface area contributed by atoms with Crippen LogP contribution in [0, 0.1) is 0 Å². The third-order valence-corrected chi connectivity index (χ3v) is 14.9. The fraction of sp³-hybridized carbons (Fsp3) is 0.636. The molecular weight excluding hydrogens is 409 g/mol. The molecule has 134 valence electrons. The normalized spacial score (nSPS) is 20.2. The third-order valence-electron chi connectivity index (χ3n) is 6.38. The molecule has 0 atom stereocenters. The van der Waals surface area contributed by atoms with Crippen LogP contribution in [0.4, 0.5) is 0 Å². The predicted octanol–water partition coefficient (Wildman–Crippen LogP) is 7.59. The average Bonchev–Trinajstić information content (AvgIpc) is 2.80. The van der Waals surface area contributed by atoms with Crippen molar-refractivity contribution in [3.63, 3.8) is 0 Å². The molecule has 0 spiro atoms. The van der Waals surface area contributed by atoms with Gasteiger partial charge < -0.3 is 0 Å². The molecule has 2 heteroatoms. The van der Waals surface area contributed by atoms with E-state index in [2.05, 4.69) is 78.4 Å². The van der Waals surface area contributed by atoms with Crippen molar-refractivity contribution >= 4 is 28.7 Å². The summed E-state index contributed by atoms with van der Waals surface area (Å²) in [7, 11) is 0. The van der Waals surface area contributed by atoms with Gasteiger partial charge in [-0.15, -0.1) is 0 Å². The van der Waals surface area contributed by atoms with E-state index in [1.165, 1.54) is 0 Å². The van der Waals surface area contributed by atoms with E-state index in [4.69, 9.17) is 0 Å².